The fourth-order valence-electron chi connectivity index (χ4n) is 3.20. The van der Waals surface area contributed by atoms with Gasteiger partial charge in [0.2, 0.25) is 5.95 Å². The zero-order chi connectivity index (χ0) is 16.7. The summed E-state index contributed by atoms with van der Waals surface area (Å²) in [6.45, 7) is 4.27. The van der Waals surface area contributed by atoms with E-state index < -0.39 is 0 Å². The van der Waals surface area contributed by atoms with E-state index in [1.54, 1.807) is 0 Å². The molecule has 0 radical (unpaired) electrons. The number of tetrazole rings is 1. The number of anilines is 1. The molecule has 1 aliphatic heterocycles. The minimum Gasteiger partial charge on any atom is -0.346 e. The van der Waals surface area contributed by atoms with Gasteiger partial charge in [0.25, 0.3) is 0 Å². The Balaban J connectivity index is 1.72. The molecule has 6 heteroatoms. The number of benzene rings is 2. The van der Waals surface area contributed by atoms with Gasteiger partial charge < -0.3 is 5.32 Å². The summed E-state index contributed by atoms with van der Waals surface area (Å²) in [5.74, 6) is 0.699. The number of nitrogens with zero attached hydrogens (tertiary/aromatic N) is 4. The minimum absolute atomic E-state index is 0.0834. The molecule has 24 heavy (non-hydrogen) atoms. The zero-order valence-corrected chi connectivity index (χ0v) is 14.3. The third-order valence-corrected chi connectivity index (χ3v) is 4.99. The lowest BCUT2D eigenvalue weighted by molar-refractivity contribution is 0.423. The van der Waals surface area contributed by atoms with E-state index in [-0.39, 0.29) is 12.1 Å². The molecule has 0 saturated heterocycles. The van der Waals surface area contributed by atoms with Crippen LogP contribution in [0.15, 0.2) is 42.5 Å². The lowest BCUT2D eigenvalue weighted by Gasteiger charge is -2.31. The molecule has 122 valence electrons. The van der Waals surface area contributed by atoms with Gasteiger partial charge in [-0.2, -0.15) is 0 Å². The highest BCUT2D eigenvalue weighted by Gasteiger charge is 2.30. The van der Waals surface area contributed by atoms with Crippen molar-refractivity contribution in [2.75, 3.05) is 5.32 Å². The molecule has 2 heterocycles. The maximum Gasteiger partial charge on any atom is 0.243 e. The highest BCUT2D eigenvalue weighted by molar-refractivity contribution is 6.30. The molecule has 0 unspecified atom stereocenters. The van der Waals surface area contributed by atoms with Crippen molar-refractivity contribution >= 4 is 17.5 Å². The van der Waals surface area contributed by atoms with Crippen LogP contribution >= 0.6 is 11.6 Å². The first-order valence-corrected chi connectivity index (χ1v) is 8.36. The first-order valence-electron chi connectivity index (χ1n) is 7.99. The van der Waals surface area contributed by atoms with Gasteiger partial charge in [0.05, 0.1) is 12.1 Å². The topological polar surface area (TPSA) is 55.6 Å². The summed E-state index contributed by atoms with van der Waals surface area (Å²) < 4.78 is 1.85. The second kappa shape index (κ2) is 5.91. The normalized spacial score (nSPS) is 19.6. The second-order valence-corrected chi connectivity index (χ2v) is 6.73. The molecule has 0 fully saturated rings. The van der Waals surface area contributed by atoms with E-state index >= 15 is 0 Å². The molecular formula is C18H18ClN5. The molecule has 0 bridgehead atoms. The summed E-state index contributed by atoms with van der Waals surface area (Å²) >= 11 is 6.03. The molecule has 2 atom stereocenters. The number of hydrogen-bond donors (Lipinski definition) is 1. The molecule has 0 spiro atoms. The average molecular weight is 340 g/mol. The fourth-order valence-corrected chi connectivity index (χ4v) is 3.33. The minimum atomic E-state index is 0.0834. The van der Waals surface area contributed by atoms with Crippen molar-refractivity contribution in [2.24, 2.45) is 0 Å². The summed E-state index contributed by atoms with van der Waals surface area (Å²) in [6, 6.07) is 14.7. The second-order valence-electron chi connectivity index (χ2n) is 6.29. The SMILES string of the molecule is Cc1ccc([C@@H]2C[C@@H](c3ccc(Cl)cc3)n3nnnc3N2)cc1C. The third kappa shape index (κ3) is 2.65. The van der Waals surface area contributed by atoms with Crippen molar-refractivity contribution in [3.05, 3.63) is 69.7 Å². The van der Waals surface area contributed by atoms with Crippen molar-refractivity contribution in [2.45, 2.75) is 32.4 Å². The third-order valence-electron chi connectivity index (χ3n) is 4.74. The Kier molecular flexibility index (Phi) is 3.73. The van der Waals surface area contributed by atoms with Crippen LogP contribution in [0.1, 0.15) is 40.8 Å². The molecule has 1 N–H and O–H groups in total. The number of hydrogen-bond acceptors (Lipinski definition) is 4. The maximum absolute atomic E-state index is 6.03. The Hall–Kier alpha value is -2.40. The quantitative estimate of drug-likeness (QED) is 0.764. The standard InChI is InChI=1S/C18H18ClN5/c1-11-3-4-14(9-12(11)2)16-10-17(13-5-7-15(19)8-6-13)24-18(20-16)21-22-23-24/h3-9,16-17H,10H2,1-2H3,(H,20,21,23)/t16-,17-/m0/s1. The van der Waals surface area contributed by atoms with Gasteiger partial charge in [0.1, 0.15) is 0 Å². The van der Waals surface area contributed by atoms with E-state index in [0.717, 1.165) is 17.0 Å². The molecule has 5 nitrogen and oxygen atoms in total. The van der Waals surface area contributed by atoms with Gasteiger partial charge in [-0.1, -0.05) is 47.0 Å². The van der Waals surface area contributed by atoms with E-state index in [9.17, 15) is 0 Å². The Morgan fingerprint density at radius 2 is 1.79 bits per heavy atom. The number of nitrogens with one attached hydrogen (secondary N) is 1. The van der Waals surface area contributed by atoms with Gasteiger partial charge in [-0.3, -0.25) is 0 Å². The van der Waals surface area contributed by atoms with Gasteiger partial charge in [-0.15, -0.1) is 0 Å². The number of aryl methyl sites for hydroxylation is 2. The highest BCUT2D eigenvalue weighted by Crippen LogP contribution is 2.37. The highest BCUT2D eigenvalue weighted by atomic mass is 35.5. The zero-order valence-electron chi connectivity index (χ0n) is 13.6. The fraction of sp³-hybridized carbons (Fsp3) is 0.278. The van der Waals surface area contributed by atoms with Gasteiger partial charge in [-0.25, -0.2) is 4.68 Å². The van der Waals surface area contributed by atoms with Crippen molar-refractivity contribution in [1.82, 2.24) is 20.2 Å². The molecule has 2 aromatic carbocycles. The molecule has 3 aromatic rings. The molecule has 0 saturated carbocycles. The smallest absolute Gasteiger partial charge is 0.243 e. The average Bonchev–Trinajstić information content (AvgIpc) is 3.06. The van der Waals surface area contributed by atoms with Gasteiger partial charge >= 0.3 is 0 Å². The van der Waals surface area contributed by atoms with Crippen LogP contribution in [0.2, 0.25) is 5.02 Å². The summed E-state index contributed by atoms with van der Waals surface area (Å²) in [6.07, 6.45) is 0.877. The number of rotatable bonds is 2. The molecule has 1 aliphatic rings. The molecular weight excluding hydrogens is 322 g/mol. The van der Waals surface area contributed by atoms with E-state index in [0.29, 0.717) is 5.95 Å². The van der Waals surface area contributed by atoms with E-state index in [1.807, 2.05) is 28.9 Å². The summed E-state index contributed by atoms with van der Waals surface area (Å²) in [7, 11) is 0. The Bertz CT molecular complexity index is 871. The van der Waals surface area contributed by atoms with E-state index in [4.69, 9.17) is 11.6 Å². The van der Waals surface area contributed by atoms with Gasteiger partial charge in [0, 0.05) is 5.02 Å². The predicted octanol–water partition coefficient (Wildman–Crippen LogP) is 4.09. The number of halogens is 1. The van der Waals surface area contributed by atoms with E-state index in [2.05, 4.69) is 52.9 Å². The number of aromatic nitrogens is 4. The molecule has 0 aliphatic carbocycles. The van der Waals surface area contributed by atoms with Crippen LogP contribution in [0, 0.1) is 13.8 Å². The van der Waals surface area contributed by atoms with Crippen LogP contribution in [-0.2, 0) is 0 Å². The van der Waals surface area contributed by atoms with Crippen LogP contribution in [0.3, 0.4) is 0 Å². The summed E-state index contributed by atoms with van der Waals surface area (Å²) in [5.41, 5.74) is 5.01. The first kappa shape index (κ1) is 15.1. The molecule has 0 amide bonds. The van der Waals surface area contributed by atoms with Crippen molar-refractivity contribution in [1.29, 1.82) is 0 Å². The van der Waals surface area contributed by atoms with Crippen LogP contribution in [0.4, 0.5) is 5.95 Å². The number of fused-ring (bicyclic) bond motifs is 1. The monoisotopic (exact) mass is 339 g/mol. The Labute approximate surface area is 145 Å². The lowest BCUT2D eigenvalue weighted by Crippen LogP contribution is -2.28. The predicted molar refractivity (Wildman–Crippen MR) is 94.3 cm³/mol. The van der Waals surface area contributed by atoms with E-state index in [1.165, 1.54) is 16.7 Å². The Morgan fingerprint density at radius 1 is 1.04 bits per heavy atom. The van der Waals surface area contributed by atoms with Gasteiger partial charge in [-0.05, 0) is 65.1 Å². The first-order chi connectivity index (χ1) is 11.6. The van der Waals surface area contributed by atoms with Gasteiger partial charge in [0.15, 0.2) is 0 Å². The van der Waals surface area contributed by atoms with Crippen LogP contribution in [0.25, 0.3) is 0 Å². The van der Waals surface area contributed by atoms with Crippen molar-refractivity contribution in [3.8, 4) is 0 Å². The summed E-state index contributed by atoms with van der Waals surface area (Å²) in [5, 5.41) is 16.3. The maximum atomic E-state index is 6.03. The molecule has 1 aromatic heterocycles. The Morgan fingerprint density at radius 3 is 2.54 bits per heavy atom. The van der Waals surface area contributed by atoms with Crippen molar-refractivity contribution in [3.63, 3.8) is 0 Å². The molecule has 4 rings (SSSR count). The van der Waals surface area contributed by atoms with Crippen LogP contribution in [0.5, 0.6) is 0 Å². The van der Waals surface area contributed by atoms with Crippen LogP contribution in [-0.4, -0.2) is 20.2 Å². The van der Waals surface area contributed by atoms with Crippen LogP contribution < -0.4 is 5.32 Å². The largest absolute Gasteiger partial charge is 0.346 e. The lowest BCUT2D eigenvalue weighted by atomic mass is 9.92. The summed E-state index contributed by atoms with van der Waals surface area (Å²) in [4.78, 5) is 0. The van der Waals surface area contributed by atoms with Crippen molar-refractivity contribution < 1.29 is 0 Å².